The number of hydrogen-bond donors (Lipinski definition) is 2. The van der Waals surface area contributed by atoms with E-state index >= 15 is 0 Å². The molecule has 0 aliphatic carbocycles. The van der Waals surface area contributed by atoms with Gasteiger partial charge in [0.2, 0.25) is 5.91 Å². The first-order valence-electron chi connectivity index (χ1n) is 6.05. The monoisotopic (exact) mass is 255 g/mol. The molecule has 0 saturated heterocycles. The van der Waals surface area contributed by atoms with E-state index in [-0.39, 0.29) is 17.9 Å². The Hall–Kier alpha value is -1.33. The van der Waals surface area contributed by atoms with Gasteiger partial charge in [0.15, 0.2) is 0 Å². The van der Waals surface area contributed by atoms with E-state index in [0.29, 0.717) is 18.8 Å². The van der Waals surface area contributed by atoms with Crippen molar-refractivity contribution in [1.82, 2.24) is 5.32 Å². The van der Waals surface area contributed by atoms with E-state index in [4.69, 9.17) is 9.15 Å². The molecular formula is C13H21NO4. The minimum absolute atomic E-state index is 0.0732. The summed E-state index contributed by atoms with van der Waals surface area (Å²) in [5, 5.41) is 12.7. The third-order valence-electron chi connectivity index (χ3n) is 2.70. The second-order valence-corrected chi connectivity index (χ2v) is 4.53. The first-order valence-corrected chi connectivity index (χ1v) is 6.05. The van der Waals surface area contributed by atoms with Crippen molar-refractivity contribution < 1.29 is 19.1 Å². The number of carbonyl (C=O) groups is 1. The summed E-state index contributed by atoms with van der Waals surface area (Å²) < 4.78 is 10.0. The smallest absolute Gasteiger partial charge is 0.225 e. The van der Waals surface area contributed by atoms with E-state index in [1.54, 1.807) is 26.2 Å². The number of rotatable bonds is 7. The van der Waals surface area contributed by atoms with Crippen molar-refractivity contribution in [3.05, 3.63) is 24.2 Å². The number of aliphatic hydroxyl groups is 1. The van der Waals surface area contributed by atoms with E-state index in [1.807, 2.05) is 6.92 Å². The second-order valence-electron chi connectivity index (χ2n) is 4.53. The van der Waals surface area contributed by atoms with Gasteiger partial charge in [-0.1, -0.05) is 6.92 Å². The molecule has 1 aromatic heterocycles. The predicted molar refractivity (Wildman–Crippen MR) is 66.9 cm³/mol. The summed E-state index contributed by atoms with van der Waals surface area (Å²) in [6, 6.07) is 3.31. The molecule has 0 aromatic carbocycles. The number of nitrogens with one attached hydrogen (secondary N) is 1. The number of amides is 1. The summed E-state index contributed by atoms with van der Waals surface area (Å²) >= 11 is 0. The van der Waals surface area contributed by atoms with Crippen LogP contribution in [-0.2, 0) is 9.53 Å². The van der Waals surface area contributed by atoms with E-state index in [0.717, 1.165) is 0 Å². The van der Waals surface area contributed by atoms with Gasteiger partial charge >= 0.3 is 0 Å². The molecule has 0 fully saturated rings. The Bertz CT molecular complexity index is 350. The minimum Gasteiger partial charge on any atom is -0.467 e. The van der Waals surface area contributed by atoms with Crippen LogP contribution < -0.4 is 5.32 Å². The minimum atomic E-state index is -0.701. The molecule has 2 N–H and O–H groups in total. The lowest BCUT2D eigenvalue weighted by Gasteiger charge is -2.19. The number of methoxy groups -OCH3 is 1. The van der Waals surface area contributed by atoms with Gasteiger partial charge in [0.25, 0.3) is 0 Å². The number of aliphatic hydroxyl groups excluding tert-OH is 1. The third-order valence-corrected chi connectivity index (χ3v) is 2.70. The molecular weight excluding hydrogens is 234 g/mol. The Kier molecular flexibility index (Phi) is 5.88. The zero-order valence-corrected chi connectivity index (χ0v) is 11.1. The fraction of sp³-hybridized carbons (Fsp3) is 0.615. The van der Waals surface area contributed by atoms with E-state index in [1.165, 1.54) is 6.26 Å². The maximum atomic E-state index is 11.7. The normalized spacial score (nSPS) is 16.0. The predicted octanol–water partition coefficient (Wildman–Crippen LogP) is 1.49. The van der Waals surface area contributed by atoms with Crippen LogP contribution in [0.5, 0.6) is 0 Å². The average Bonchev–Trinajstić information content (AvgIpc) is 2.82. The van der Waals surface area contributed by atoms with Crippen LogP contribution >= 0.6 is 0 Å². The summed E-state index contributed by atoms with van der Waals surface area (Å²) in [7, 11) is 1.56. The van der Waals surface area contributed by atoms with Crippen molar-refractivity contribution in [3.63, 3.8) is 0 Å². The van der Waals surface area contributed by atoms with Crippen LogP contribution in [0.15, 0.2) is 22.8 Å². The van der Waals surface area contributed by atoms with Crippen LogP contribution in [0, 0.1) is 5.92 Å². The molecule has 18 heavy (non-hydrogen) atoms. The maximum absolute atomic E-state index is 11.7. The first-order chi connectivity index (χ1) is 8.54. The number of furan rings is 1. The van der Waals surface area contributed by atoms with Crippen LogP contribution in [0.2, 0.25) is 0 Å². The topological polar surface area (TPSA) is 71.7 Å². The summed E-state index contributed by atoms with van der Waals surface area (Å²) in [5.74, 6) is 0.246. The standard InChI is InChI=1S/C13H21NO4/c1-9(8-17-3)13(16)14-10(2)7-11(15)12-5-4-6-18-12/h4-6,9-11,15H,7-8H2,1-3H3,(H,14,16). The molecule has 1 heterocycles. The Labute approximate surface area is 107 Å². The van der Waals surface area contributed by atoms with E-state index in [9.17, 15) is 9.90 Å². The van der Waals surface area contributed by atoms with Crippen molar-refractivity contribution in [2.75, 3.05) is 13.7 Å². The fourth-order valence-electron chi connectivity index (χ4n) is 1.70. The second kappa shape index (κ2) is 7.18. The highest BCUT2D eigenvalue weighted by atomic mass is 16.5. The van der Waals surface area contributed by atoms with Gasteiger partial charge in [-0.15, -0.1) is 0 Å². The molecule has 1 aromatic rings. The molecule has 3 atom stereocenters. The van der Waals surface area contributed by atoms with Crippen molar-refractivity contribution in [3.8, 4) is 0 Å². The quantitative estimate of drug-likeness (QED) is 0.774. The molecule has 1 rings (SSSR count). The molecule has 102 valence electrons. The van der Waals surface area contributed by atoms with Crippen molar-refractivity contribution >= 4 is 5.91 Å². The molecule has 5 heteroatoms. The van der Waals surface area contributed by atoms with E-state index < -0.39 is 6.10 Å². The van der Waals surface area contributed by atoms with Crippen LogP contribution in [-0.4, -0.2) is 30.8 Å². The Morgan fingerprint density at radius 3 is 2.83 bits per heavy atom. The third kappa shape index (κ3) is 4.50. The Balaban J connectivity index is 2.37. The molecule has 5 nitrogen and oxygen atoms in total. The van der Waals surface area contributed by atoms with Gasteiger partial charge < -0.3 is 19.6 Å². The molecule has 0 spiro atoms. The van der Waals surface area contributed by atoms with E-state index in [2.05, 4.69) is 5.32 Å². The highest BCUT2D eigenvalue weighted by molar-refractivity contribution is 5.78. The van der Waals surface area contributed by atoms with Gasteiger partial charge in [-0.2, -0.15) is 0 Å². The van der Waals surface area contributed by atoms with Gasteiger partial charge in [0.05, 0.1) is 18.8 Å². The van der Waals surface area contributed by atoms with Gasteiger partial charge in [-0.05, 0) is 19.1 Å². The number of hydrogen-bond acceptors (Lipinski definition) is 4. The lowest BCUT2D eigenvalue weighted by molar-refractivity contribution is -0.126. The van der Waals surface area contributed by atoms with Crippen LogP contribution in [0.3, 0.4) is 0 Å². The highest BCUT2D eigenvalue weighted by Crippen LogP contribution is 2.18. The zero-order valence-electron chi connectivity index (χ0n) is 11.1. The van der Waals surface area contributed by atoms with Gasteiger partial charge in [-0.25, -0.2) is 0 Å². The van der Waals surface area contributed by atoms with Gasteiger partial charge in [0.1, 0.15) is 11.9 Å². The summed E-state index contributed by atoms with van der Waals surface area (Å²) in [5.41, 5.74) is 0. The summed E-state index contributed by atoms with van der Waals surface area (Å²) in [6.45, 7) is 4.04. The molecule has 3 unspecified atom stereocenters. The SMILES string of the molecule is COCC(C)C(=O)NC(C)CC(O)c1ccco1. The molecule has 0 aliphatic heterocycles. The van der Waals surface area contributed by atoms with Crippen molar-refractivity contribution in [2.45, 2.75) is 32.4 Å². The van der Waals surface area contributed by atoms with Gasteiger partial charge in [0, 0.05) is 19.6 Å². The largest absolute Gasteiger partial charge is 0.467 e. The van der Waals surface area contributed by atoms with Crippen LogP contribution in [0.4, 0.5) is 0 Å². The first kappa shape index (κ1) is 14.7. The lowest BCUT2D eigenvalue weighted by Crippen LogP contribution is -2.38. The van der Waals surface area contributed by atoms with Crippen molar-refractivity contribution in [1.29, 1.82) is 0 Å². The van der Waals surface area contributed by atoms with Crippen molar-refractivity contribution in [2.24, 2.45) is 5.92 Å². The number of ether oxygens (including phenoxy) is 1. The average molecular weight is 255 g/mol. The molecule has 0 bridgehead atoms. The molecule has 0 radical (unpaired) electrons. The Morgan fingerprint density at radius 1 is 1.56 bits per heavy atom. The molecule has 0 aliphatic rings. The maximum Gasteiger partial charge on any atom is 0.225 e. The lowest BCUT2D eigenvalue weighted by atomic mass is 10.1. The zero-order chi connectivity index (χ0) is 13.5. The fourth-order valence-corrected chi connectivity index (χ4v) is 1.70. The Morgan fingerprint density at radius 2 is 2.28 bits per heavy atom. The van der Waals surface area contributed by atoms with Crippen LogP contribution in [0.1, 0.15) is 32.1 Å². The summed E-state index contributed by atoms with van der Waals surface area (Å²) in [4.78, 5) is 11.7. The number of carbonyl (C=O) groups excluding carboxylic acids is 1. The molecule has 1 amide bonds. The van der Waals surface area contributed by atoms with Gasteiger partial charge in [-0.3, -0.25) is 4.79 Å². The van der Waals surface area contributed by atoms with Crippen LogP contribution in [0.25, 0.3) is 0 Å². The summed E-state index contributed by atoms with van der Waals surface area (Å²) in [6.07, 6.45) is 1.23. The molecule has 0 saturated carbocycles. The highest BCUT2D eigenvalue weighted by Gasteiger charge is 2.19.